The number of nitrogens with zero attached hydrogens (tertiary/aromatic N) is 3. The fraction of sp³-hybridized carbons (Fsp3) is 0.450. The summed E-state index contributed by atoms with van der Waals surface area (Å²) in [4.78, 5) is 19.6. The first-order chi connectivity index (χ1) is 12.3. The number of hydrogen-bond acceptors (Lipinski definition) is 4. The van der Waals surface area contributed by atoms with Crippen molar-refractivity contribution in [3.05, 3.63) is 48.4 Å². The highest BCUT2D eigenvalue weighted by molar-refractivity contribution is 5.79. The summed E-state index contributed by atoms with van der Waals surface area (Å²) in [6.45, 7) is 0.784. The maximum Gasteiger partial charge on any atom is 0.249 e. The Hall–Kier alpha value is -2.43. The molecule has 1 aliphatic carbocycles. The van der Waals surface area contributed by atoms with Crippen LogP contribution in [0.25, 0.3) is 11.4 Å². The monoisotopic (exact) mass is 337 g/mol. The summed E-state index contributed by atoms with van der Waals surface area (Å²) in [7, 11) is 0. The third-order valence-corrected chi connectivity index (χ3v) is 5.16. The largest absolute Gasteiger partial charge is 0.337 e. The van der Waals surface area contributed by atoms with Crippen molar-refractivity contribution in [3.63, 3.8) is 0 Å². The van der Waals surface area contributed by atoms with Gasteiger partial charge in [-0.15, -0.1) is 0 Å². The SMILES string of the molecule is O=C([C@@H]1CC=CCC1)N1CCCC[C@@H]1c1nc(-c2ccccc2)no1. The van der Waals surface area contributed by atoms with Crippen LogP contribution in [-0.4, -0.2) is 27.5 Å². The maximum absolute atomic E-state index is 13.0. The Morgan fingerprint density at radius 2 is 2.00 bits per heavy atom. The molecule has 0 unspecified atom stereocenters. The third-order valence-electron chi connectivity index (χ3n) is 5.16. The summed E-state index contributed by atoms with van der Waals surface area (Å²) in [6.07, 6.45) is 10.1. The van der Waals surface area contributed by atoms with Gasteiger partial charge in [0.05, 0.1) is 0 Å². The molecule has 2 heterocycles. The molecule has 25 heavy (non-hydrogen) atoms. The second-order valence-electron chi connectivity index (χ2n) is 6.85. The van der Waals surface area contributed by atoms with Crippen LogP contribution in [0.3, 0.4) is 0 Å². The van der Waals surface area contributed by atoms with Crippen molar-refractivity contribution in [2.75, 3.05) is 6.54 Å². The normalized spacial score (nSPS) is 23.6. The molecule has 1 aliphatic heterocycles. The molecule has 0 spiro atoms. The second kappa shape index (κ2) is 7.21. The van der Waals surface area contributed by atoms with Gasteiger partial charge in [0.2, 0.25) is 17.6 Å². The predicted molar refractivity (Wildman–Crippen MR) is 94.5 cm³/mol. The Kier molecular flexibility index (Phi) is 4.63. The quantitative estimate of drug-likeness (QED) is 0.790. The number of likely N-dealkylation sites (tertiary alicyclic amines) is 1. The Bertz CT molecular complexity index is 753. The molecular weight excluding hydrogens is 314 g/mol. The smallest absolute Gasteiger partial charge is 0.249 e. The Balaban J connectivity index is 1.56. The summed E-state index contributed by atoms with van der Waals surface area (Å²) >= 11 is 0. The Morgan fingerprint density at radius 3 is 2.80 bits per heavy atom. The van der Waals surface area contributed by atoms with Gasteiger partial charge in [0.1, 0.15) is 6.04 Å². The summed E-state index contributed by atoms with van der Waals surface area (Å²) in [5.41, 5.74) is 0.934. The molecule has 5 heteroatoms. The van der Waals surface area contributed by atoms with E-state index in [2.05, 4.69) is 22.3 Å². The van der Waals surface area contributed by atoms with E-state index < -0.39 is 0 Å². The van der Waals surface area contributed by atoms with Crippen LogP contribution in [0.5, 0.6) is 0 Å². The van der Waals surface area contributed by atoms with Crippen LogP contribution in [0.1, 0.15) is 50.5 Å². The van der Waals surface area contributed by atoms with E-state index in [1.54, 1.807) is 0 Å². The molecule has 5 nitrogen and oxygen atoms in total. The van der Waals surface area contributed by atoms with Gasteiger partial charge in [-0.2, -0.15) is 4.98 Å². The van der Waals surface area contributed by atoms with Gasteiger partial charge in [-0.25, -0.2) is 0 Å². The van der Waals surface area contributed by atoms with Gasteiger partial charge in [-0.1, -0.05) is 47.6 Å². The number of benzene rings is 1. The lowest BCUT2D eigenvalue weighted by Gasteiger charge is -2.36. The molecule has 0 radical (unpaired) electrons. The molecule has 0 bridgehead atoms. The van der Waals surface area contributed by atoms with E-state index in [0.29, 0.717) is 11.7 Å². The first kappa shape index (κ1) is 16.1. The number of hydrogen-bond donors (Lipinski definition) is 0. The Morgan fingerprint density at radius 1 is 1.12 bits per heavy atom. The van der Waals surface area contributed by atoms with Crippen LogP contribution in [-0.2, 0) is 4.79 Å². The minimum absolute atomic E-state index is 0.0860. The van der Waals surface area contributed by atoms with Crippen LogP contribution in [0.15, 0.2) is 47.0 Å². The lowest BCUT2D eigenvalue weighted by atomic mass is 9.91. The zero-order chi connectivity index (χ0) is 17.1. The predicted octanol–water partition coefficient (Wildman–Crippen LogP) is 4.15. The molecule has 2 atom stereocenters. The summed E-state index contributed by atoms with van der Waals surface area (Å²) in [5.74, 6) is 1.50. The van der Waals surface area contributed by atoms with Crippen LogP contribution in [0.2, 0.25) is 0 Å². The number of rotatable bonds is 3. The maximum atomic E-state index is 13.0. The molecule has 0 saturated carbocycles. The molecule has 1 aromatic carbocycles. The van der Waals surface area contributed by atoms with Gasteiger partial charge in [0.25, 0.3) is 0 Å². The molecule has 2 aromatic rings. The molecule has 1 aromatic heterocycles. The van der Waals surface area contributed by atoms with Crippen molar-refractivity contribution in [3.8, 4) is 11.4 Å². The van der Waals surface area contributed by atoms with Gasteiger partial charge in [0, 0.05) is 18.0 Å². The first-order valence-corrected chi connectivity index (χ1v) is 9.17. The fourth-order valence-corrected chi connectivity index (χ4v) is 3.78. The van der Waals surface area contributed by atoms with Crippen molar-refractivity contribution < 1.29 is 9.32 Å². The van der Waals surface area contributed by atoms with E-state index in [-0.39, 0.29) is 17.9 Å². The van der Waals surface area contributed by atoms with Crippen LogP contribution >= 0.6 is 0 Å². The van der Waals surface area contributed by atoms with Gasteiger partial charge in [-0.3, -0.25) is 4.79 Å². The van der Waals surface area contributed by atoms with E-state index in [1.165, 1.54) is 0 Å². The lowest BCUT2D eigenvalue weighted by molar-refractivity contribution is -0.140. The van der Waals surface area contributed by atoms with Gasteiger partial charge in [0.15, 0.2) is 0 Å². The number of amides is 1. The van der Waals surface area contributed by atoms with Gasteiger partial charge in [-0.05, 0) is 38.5 Å². The van der Waals surface area contributed by atoms with E-state index >= 15 is 0 Å². The van der Waals surface area contributed by atoms with E-state index in [9.17, 15) is 4.79 Å². The number of carbonyl (C=O) groups excluding carboxylic acids is 1. The average Bonchev–Trinajstić information content (AvgIpc) is 3.19. The zero-order valence-corrected chi connectivity index (χ0v) is 14.3. The Labute approximate surface area is 147 Å². The first-order valence-electron chi connectivity index (χ1n) is 9.17. The van der Waals surface area contributed by atoms with Crippen LogP contribution in [0.4, 0.5) is 0 Å². The van der Waals surface area contributed by atoms with E-state index in [1.807, 2.05) is 35.2 Å². The standard InChI is InChI=1S/C20H23N3O2/c24-20(16-11-5-2-6-12-16)23-14-8-7-13-17(23)19-21-18(22-25-19)15-9-3-1-4-10-15/h1-5,9-10,16-17H,6-8,11-14H2/t16-,17-/m1/s1. The number of piperidine rings is 1. The highest BCUT2D eigenvalue weighted by Gasteiger charge is 2.35. The highest BCUT2D eigenvalue weighted by atomic mass is 16.5. The molecule has 130 valence electrons. The average molecular weight is 337 g/mol. The summed E-state index contributed by atoms with van der Waals surface area (Å²) < 4.78 is 5.56. The fourth-order valence-electron chi connectivity index (χ4n) is 3.78. The van der Waals surface area contributed by atoms with Gasteiger partial charge < -0.3 is 9.42 Å². The lowest BCUT2D eigenvalue weighted by Crippen LogP contribution is -2.42. The molecule has 1 amide bonds. The topological polar surface area (TPSA) is 59.2 Å². The van der Waals surface area contributed by atoms with Crippen LogP contribution < -0.4 is 0 Å². The zero-order valence-electron chi connectivity index (χ0n) is 14.3. The number of aromatic nitrogens is 2. The van der Waals surface area contributed by atoms with Crippen molar-refractivity contribution >= 4 is 5.91 Å². The van der Waals surface area contributed by atoms with Crippen molar-refractivity contribution in [1.82, 2.24) is 15.0 Å². The van der Waals surface area contributed by atoms with E-state index in [0.717, 1.165) is 50.6 Å². The van der Waals surface area contributed by atoms with Crippen molar-refractivity contribution in [2.24, 2.45) is 5.92 Å². The second-order valence-corrected chi connectivity index (χ2v) is 6.85. The highest BCUT2D eigenvalue weighted by Crippen LogP contribution is 2.34. The minimum atomic E-state index is -0.0860. The molecule has 2 aliphatic rings. The molecule has 0 N–H and O–H groups in total. The van der Waals surface area contributed by atoms with Gasteiger partial charge >= 0.3 is 0 Å². The summed E-state index contributed by atoms with van der Waals surface area (Å²) in [5, 5.41) is 4.13. The van der Waals surface area contributed by atoms with Crippen molar-refractivity contribution in [2.45, 2.75) is 44.6 Å². The summed E-state index contributed by atoms with van der Waals surface area (Å²) in [6, 6.07) is 9.72. The molecule has 1 saturated heterocycles. The molecule has 1 fully saturated rings. The van der Waals surface area contributed by atoms with Crippen molar-refractivity contribution in [1.29, 1.82) is 0 Å². The number of allylic oxidation sites excluding steroid dienone is 2. The molecule has 4 rings (SSSR count). The van der Waals surface area contributed by atoms with E-state index in [4.69, 9.17) is 4.52 Å². The minimum Gasteiger partial charge on any atom is -0.337 e. The van der Waals surface area contributed by atoms with Crippen LogP contribution in [0, 0.1) is 5.92 Å². The number of carbonyl (C=O) groups is 1. The molecular formula is C20H23N3O2. The third kappa shape index (κ3) is 3.36.